The smallest absolute Gasteiger partial charge is 0.252 e. The first-order chi connectivity index (χ1) is 16.7. The molecule has 0 aromatic heterocycles. The molecule has 4 atom stereocenters. The molecular weight excluding hydrogens is 466 g/mol. The third-order valence-corrected chi connectivity index (χ3v) is 7.33. The van der Waals surface area contributed by atoms with Gasteiger partial charge in [0.05, 0.1) is 25.4 Å². The van der Waals surface area contributed by atoms with Crippen LogP contribution in [0.15, 0.2) is 48.5 Å². The average Bonchev–Trinajstić information content (AvgIpc) is 3.56. The average molecular weight is 500 g/mol. The van der Waals surface area contributed by atoms with Crippen LogP contribution in [-0.4, -0.2) is 41.6 Å². The molecule has 0 bridgehead atoms. The summed E-state index contributed by atoms with van der Waals surface area (Å²) in [4.78, 5) is 13.7. The van der Waals surface area contributed by atoms with Crippen LogP contribution < -0.4 is 5.32 Å². The molecule has 1 aliphatic heterocycles. The van der Waals surface area contributed by atoms with E-state index >= 15 is 0 Å². The molecule has 1 unspecified atom stereocenters. The zero-order valence-electron chi connectivity index (χ0n) is 20.6. The zero-order chi connectivity index (χ0) is 24.6. The Balaban J connectivity index is 1.41. The Morgan fingerprint density at radius 2 is 1.89 bits per heavy atom. The molecule has 2 aromatic carbocycles. The van der Waals surface area contributed by atoms with Gasteiger partial charge in [-0.3, -0.25) is 4.79 Å². The molecule has 2 aromatic rings. The fourth-order valence-electron chi connectivity index (χ4n) is 5.07. The Labute approximate surface area is 212 Å². The van der Waals surface area contributed by atoms with Gasteiger partial charge in [-0.25, -0.2) is 0 Å². The monoisotopic (exact) mass is 499 g/mol. The van der Waals surface area contributed by atoms with Gasteiger partial charge in [0.2, 0.25) is 0 Å². The number of rotatable bonds is 8. The summed E-state index contributed by atoms with van der Waals surface area (Å²) in [5.41, 5.74) is 2.09. The van der Waals surface area contributed by atoms with Crippen LogP contribution in [-0.2, 0) is 37.0 Å². The summed E-state index contributed by atoms with van der Waals surface area (Å²) < 4.78 is 25.5. The fourth-order valence-corrected chi connectivity index (χ4v) is 5.28. The maximum atomic E-state index is 13.7. The number of benzene rings is 2. The Bertz CT molecular complexity index is 1070. The number of nitrogens with one attached hydrogen (secondary N) is 1. The van der Waals surface area contributed by atoms with Gasteiger partial charge in [0.15, 0.2) is 11.4 Å². The molecule has 5 rings (SSSR count). The second-order valence-electron chi connectivity index (χ2n) is 10.5. The Morgan fingerprint density at radius 3 is 2.63 bits per heavy atom. The van der Waals surface area contributed by atoms with E-state index in [0.29, 0.717) is 31.1 Å². The van der Waals surface area contributed by atoms with Crippen LogP contribution in [0.4, 0.5) is 0 Å². The first-order valence-electron chi connectivity index (χ1n) is 12.4. The van der Waals surface area contributed by atoms with E-state index in [-0.39, 0.29) is 30.3 Å². The first-order valence-corrected chi connectivity index (χ1v) is 12.8. The van der Waals surface area contributed by atoms with Gasteiger partial charge in [-0.05, 0) is 62.4 Å². The predicted octanol–water partition coefficient (Wildman–Crippen LogP) is 5.08. The zero-order valence-corrected chi connectivity index (χ0v) is 21.3. The third-order valence-electron chi connectivity index (χ3n) is 7.09. The van der Waals surface area contributed by atoms with E-state index in [4.69, 9.17) is 30.5 Å². The molecular formula is C28H34ClNO5. The summed E-state index contributed by atoms with van der Waals surface area (Å²) in [6.45, 7) is 6.56. The quantitative estimate of drug-likeness (QED) is 0.548. The van der Waals surface area contributed by atoms with E-state index in [2.05, 4.69) is 18.3 Å². The van der Waals surface area contributed by atoms with Crippen molar-refractivity contribution in [2.75, 3.05) is 0 Å². The van der Waals surface area contributed by atoms with Gasteiger partial charge >= 0.3 is 0 Å². The number of carbonyl (C=O) groups is 1. The highest BCUT2D eigenvalue weighted by atomic mass is 35.5. The van der Waals surface area contributed by atoms with Crippen molar-refractivity contribution in [1.29, 1.82) is 0 Å². The third kappa shape index (κ3) is 5.73. The SMILES string of the molecule is Cc1ccccc1CO[C@]1(C(=O)NC2CC2)CC(OCc2cccc(Cl)c2)[C@@H]2OC(C)(C)O[C@@H]2C1. The lowest BCUT2D eigenvalue weighted by Gasteiger charge is -2.43. The van der Waals surface area contributed by atoms with Crippen molar-refractivity contribution in [3.63, 3.8) is 0 Å². The summed E-state index contributed by atoms with van der Waals surface area (Å²) in [5, 5.41) is 3.85. The van der Waals surface area contributed by atoms with Crippen molar-refractivity contribution in [1.82, 2.24) is 5.32 Å². The minimum absolute atomic E-state index is 0.0864. The van der Waals surface area contributed by atoms with Crippen LogP contribution in [0.2, 0.25) is 5.02 Å². The van der Waals surface area contributed by atoms with Crippen molar-refractivity contribution in [3.05, 3.63) is 70.2 Å². The van der Waals surface area contributed by atoms with Gasteiger partial charge in [0.1, 0.15) is 6.10 Å². The number of hydrogen-bond donors (Lipinski definition) is 1. The number of hydrogen-bond acceptors (Lipinski definition) is 5. The summed E-state index contributed by atoms with van der Waals surface area (Å²) in [6, 6.07) is 15.9. The highest BCUT2D eigenvalue weighted by molar-refractivity contribution is 6.30. The highest BCUT2D eigenvalue weighted by Gasteiger charge is 2.58. The van der Waals surface area contributed by atoms with E-state index in [9.17, 15) is 4.79 Å². The number of fused-ring (bicyclic) bond motifs is 1. The van der Waals surface area contributed by atoms with Crippen LogP contribution in [0, 0.1) is 6.92 Å². The summed E-state index contributed by atoms with van der Waals surface area (Å²) >= 11 is 6.17. The van der Waals surface area contributed by atoms with E-state index in [1.54, 1.807) is 0 Å². The van der Waals surface area contributed by atoms with Crippen LogP contribution in [0.3, 0.4) is 0 Å². The summed E-state index contributed by atoms with van der Waals surface area (Å²) in [6.07, 6.45) is 1.84. The lowest BCUT2D eigenvalue weighted by Crippen LogP contribution is -2.60. The van der Waals surface area contributed by atoms with E-state index in [1.165, 1.54) is 0 Å². The number of aryl methyl sites for hydroxylation is 1. The van der Waals surface area contributed by atoms with Gasteiger partial charge < -0.3 is 24.3 Å². The van der Waals surface area contributed by atoms with Crippen molar-refractivity contribution in [2.24, 2.45) is 0 Å². The predicted molar refractivity (Wildman–Crippen MR) is 133 cm³/mol. The number of carbonyl (C=O) groups excluding carboxylic acids is 1. The second kappa shape index (κ2) is 9.83. The highest BCUT2D eigenvalue weighted by Crippen LogP contribution is 2.44. The standard InChI is InChI=1S/C28H34ClNO5/c1-18-7-4-5-9-20(18)17-33-28(26(31)30-22-11-12-22)14-23(25-24(15-28)34-27(2,3)35-25)32-16-19-8-6-10-21(29)13-19/h4-10,13,22-25H,11-12,14-17H2,1-3H3,(H,30,31)/t23?,24-,25+,28-/m1/s1. The second-order valence-corrected chi connectivity index (χ2v) is 10.9. The van der Waals surface area contributed by atoms with Gasteiger partial charge in [0, 0.05) is 23.9 Å². The van der Waals surface area contributed by atoms with Gasteiger partial charge in [0.25, 0.3) is 5.91 Å². The summed E-state index contributed by atoms with van der Waals surface area (Å²) in [7, 11) is 0. The normalized spacial score (nSPS) is 29.5. The van der Waals surface area contributed by atoms with Crippen molar-refractivity contribution >= 4 is 17.5 Å². The number of ether oxygens (including phenoxy) is 4. The molecule has 6 nitrogen and oxygen atoms in total. The molecule has 1 saturated heterocycles. The molecule has 1 amide bonds. The Kier molecular flexibility index (Phi) is 6.94. The Morgan fingerprint density at radius 1 is 1.09 bits per heavy atom. The van der Waals surface area contributed by atoms with Gasteiger partial charge in [-0.2, -0.15) is 0 Å². The molecule has 3 fully saturated rings. The molecule has 188 valence electrons. The summed E-state index contributed by atoms with van der Waals surface area (Å²) in [5.74, 6) is -0.844. The van der Waals surface area contributed by atoms with Gasteiger partial charge in [-0.15, -0.1) is 0 Å². The van der Waals surface area contributed by atoms with Crippen LogP contribution in [0.1, 0.15) is 56.2 Å². The molecule has 35 heavy (non-hydrogen) atoms. The number of halogens is 1. The molecule has 2 saturated carbocycles. The lowest BCUT2D eigenvalue weighted by molar-refractivity contribution is -0.183. The lowest BCUT2D eigenvalue weighted by atomic mass is 9.78. The Hall–Kier alpha value is -1.96. The molecule has 3 aliphatic rings. The van der Waals surface area contributed by atoms with Crippen molar-refractivity contribution < 1.29 is 23.7 Å². The van der Waals surface area contributed by atoms with Crippen molar-refractivity contribution in [2.45, 2.75) is 95.4 Å². The molecule has 1 heterocycles. The van der Waals surface area contributed by atoms with E-state index < -0.39 is 11.4 Å². The molecule has 1 N–H and O–H groups in total. The number of amides is 1. The molecule has 0 spiro atoms. The molecule has 0 radical (unpaired) electrons. The molecule has 2 aliphatic carbocycles. The topological polar surface area (TPSA) is 66.0 Å². The minimum atomic E-state index is -1.07. The van der Waals surface area contributed by atoms with Crippen LogP contribution >= 0.6 is 11.6 Å². The molecule has 7 heteroatoms. The van der Waals surface area contributed by atoms with Crippen LogP contribution in [0.25, 0.3) is 0 Å². The van der Waals surface area contributed by atoms with Crippen molar-refractivity contribution in [3.8, 4) is 0 Å². The maximum absolute atomic E-state index is 13.7. The largest absolute Gasteiger partial charge is 0.371 e. The first kappa shape index (κ1) is 24.7. The minimum Gasteiger partial charge on any atom is -0.371 e. The van der Waals surface area contributed by atoms with Gasteiger partial charge in [-0.1, -0.05) is 48.0 Å². The van der Waals surface area contributed by atoms with E-state index in [1.807, 2.05) is 56.3 Å². The fraction of sp³-hybridized carbons (Fsp3) is 0.536. The van der Waals surface area contributed by atoms with Crippen LogP contribution in [0.5, 0.6) is 0 Å². The maximum Gasteiger partial charge on any atom is 0.252 e. The van der Waals surface area contributed by atoms with E-state index in [0.717, 1.165) is 29.5 Å².